The molecule has 1 heterocycles. The molecule has 0 aliphatic rings. The predicted molar refractivity (Wildman–Crippen MR) is 92.1 cm³/mol. The van der Waals surface area contributed by atoms with E-state index < -0.39 is 0 Å². The van der Waals surface area contributed by atoms with Crippen LogP contribution >= 0.6 is 0 Å². The van der Waals surface area contributed by atoms with Crippen LogP contribution in [0.25, 0.3) is 0 Å². The fourth-order valence-electron chi connectivity index (χ4n) is 2.10. The van der Waals surface area contributed by atoms with Crippen LogP contribution < -0.4 is 10.7 Å². The Morgan fingerprint density at radius 3 is 2.17 bits per heavy atom. The second kappa shape index (κ2) is 10.7. The summed E-state index contributed by atoms with van der Waals surface area (Å²) in [5.41, 5.74) is 9.49. The average Bonchev–Trinajstić information content (AvgIpc) is 2.61. The van der Waals surface area contributed by atoms with Gasteiger partial charge < -0.3 is 5.73 Å². The minimum absolute atomic E-state index is 0. The molecule has 0 atom stereocenters. The van der Waals surface area contributed by atoms with Crippen molar-refractivity contribution in [2.45, 2.75) is 6.92 Å². The van der Waals surface area contributed by atoms with Crippen LogP contribution in [0.15, 0.2) is 65.9 Å². The number of aryl methyl sites for hydroxylation is 1. The van der Waals surface area contributed by atoms with E-state index >= 15 is 0 Å². The second-order valence-corrected chi connectivity index (χ2v) is 4.71. The molecule has 5 heteroatoms. The number of aromatic nitrogens is 2. The van der Waals surface area contributed by atoms with Gasteiger partial charge in [-0.25, -0.2) is 4.98 Å². The Balaban J connectivity index is 0.000000349. The first-order valence-corrected chi connectivity index (χ1v) is 7.21. The van der Waals surface area contributed by atoms with Gasteiger partial charge in [0.25, 0.3) is 0 Å². The predicted octanol–water partition coefficient (Wildman–Crippen LogP) is 2.54. The van der Waals surface area contributed by atoms with Crippen molar-refractivity contribution < 1.29 is 36.1 Å². The molecule has 118 valence electrons. The van der Waals surface area contributed by atoms with E-state index in [-0.39, 0.29) is 31.1 Å². The van der Waals surface area contributed by atoms with Crippen LogP contribution in [0.5, 0.6) is 0 Å². The number of aromatic amines is 1. The summed E-state index contributed by atoms with van der Waals surface area (Å²) in [6.45, 7) is 1.92. The number of rotatable bonds is 2. The van der Waals surface area contributed by atoms with Gasteiger partial charge in [0.2, 0.25) is 12.1 Å². The molecule has 0 aliphatic carbocycles. The number of nitrogens with one attached hydrogen (secondary N) is 1. The number of hydrogen-bond acceptors (Lipinski definition) is 3. The maximum Gasteiger partial charge on any atom is 2.00 e. The molecule has 3 N–H and O–H groups in total. The molecule has 0 spiro atoms. The van der Waals surface area contributed by atoms with Gasteiger partial charge in [0.1, 0.15) is 11.3 Å². The molecule has 0 saturated heterocycles. The van der Waals surface area contributed by atoms with Gasteiger partial charge in [-0.1, -0.05) is 0 Å². The normalized spacial score (nSPS) is 10.2. The molecular formula is C19H19N4U+. The first-order valence-electron chi connectivity index (χ1n) is 7.21. The van der Waals surface area contributed by atoms with Gasteiger partial charge in [-0.15, -0.1) is 10.5 Å². The van der Waals surface area contributed by atoms with Crippen LogP contribution in [-0.4, -0.2) is 17.7 Å². The minimum atomic E-state index is 0. The van der Waals surface area contributed by atoms with Crippen molar-refractivity contribution in [3.63, 3.8) is 0 Å². The summed E-state index contributed by atoms with van der Waals surface area (Å²) in [6, 6.07) is 23.1. The zero-order valence-electron chi connectivity index (χ0n) is 13.7. The maximum absolute atomic E-state index is 5.95. The molecule has 0 aliphatic heterocycles. The molecule has 2 aromatic carbocycles. The average molecular weight is 541 g/mol. The van der Waals surface area contributed by atoms with E-state index in [1.54, 1.807) is 13.4 Å². The molecule has 1 aromatic heterocycles. The monoisotopic (exact) mass is 541 g/mol. The van der Waals surface area contributed by atoms with Crippen molar-refractivity contribution in [3.8, 4) is 0 Å². The fourth-order valence-corrected chi connectivity index (χ4v) is 2.10. The van der Waals surface area contributed by atoms with Gasteiger partial charge >= 0.3 is 31.1 Å². The second-order valence-electron chi connectivity index (χ2n) is 4.71. The zero-order valence-corrected chi connectivity index (χ0v) is 17.9. The van der Waals surface area contributed by atoms with Gasteiger partial charge in [0.15, 0.2) is 0 Å². The molecule has 3 rings (SSSR count). The number of anilines is 1. The van der Waals surface area contributed by atoms with Gasteiger partial charge in [0.05, 0.1) is 5.71 Å². The van der Waals surface area contributed by atoms with Crippen molar-refractivity contribution in [3.05, 3.63) is 89.9 Å². The Morgan fingerprint density at radius 2 is 1.71 bits per heavy atom. The summed E-state index contributed by atoms with van der Waals surface area (Å²) < 4.78 is 0. The van der Waals surface area contributed by atoms with Crippen molar-refractivity contribution in [2.24, 2.45) is 4.99 Å². The third kappa shape index (κ3) is 5.59. The van der Waals surface area contributed by atoms with Crippen LogP contribution in [0.4, 0.5) is 5.82 Å². The number of aliphatic imine (C=N–C) groups is 1. The molecular weight excluding hydrogens is 522 g/mol. The van der Waals surface area contributed by atoms with Crippen LogP contribution in [0.2, 0.25) is 0 Å². The Bertz CT molecular complexity index is 712. The summed E-state index contributed by atoms with van der Waals surface area (Å²) in [7, 11) is 1.75. The van der Waals surface area contributed by atoms with E-state index in [9.17, 15) is 0 Å². The molecule has 4 nitrogen and oxygen atoms in total. The molecule has 0 radical (unpaired) electrons. The van der Waals surface area contributed by atoms with E-state index in [0.29, 0.717) is 5.82 Å². The van der Waals surface area contributed by atoms with Gasteiger partial charge in [0, 0.05) is 7.05 Å². The van der Waals surface area contributed by atoms with E-state index in [1.807, 2.05) is 61.5 Å². The molecule has 0 amide bonds. The molecule has 0 bridgehead atoms. The van der Waals surface area contributed by atoms with Gasteiger partial charge in [-0.2, -0.15) is 66.7 Å². The summed E-state index contributed by atoms with van der Waals surface area (Å²) >= 11 is 0. The van der Waals surface area contributed by atoms with E-state index in [1.165, 1.54) is 0 Å². The number of nitrogens with zero attached hydrogens (tertiary/aromatic N) is 2. The summed E-state index contributed by atoms with van der Waals surface area (Å²) in [6.07, 6.45) is 1.58. The van der Waals surface area contributed by atoms with Crippen molar-refractivity contribution in [1.82, 2.24) is 4.98 Å². The van der Waals surface area contributed by atoms with Crippen molar-refractivity contribution in [1.29, 1.82) is 0 Å². The number of H-pyrrole nitrogens is 1. The first-order chi connectivity index (χ1) is 11.2. The SMILES string of the molecule is CN=C(c1cc[c-]cc1)c1c(C)nc[nH+]c1N.[U+2].[c-]1ccccc1. The van der Waals surface area contributed by atoms with Crippen molar-refractivity contribution in [2.75, 3.05) is 12.8 Å². The summed E-state index contributed by atoms with van der Waals surface area (Å²) in [5, 5.41) is 0. The Labute approximate surface area is 166 Å². The summed E-state index contributed by atoms with van der Waals surface area (Å²) in [5.74, 6) is 0.575. The first kappa shape index (κ1) is 20.1. The van der Waals surface area contributed by atoms with Crippen LogP contribution in [0.3, 0.4) is 0 Å². The van der Waals surface area contributed by atoms with Gasteiger partial charge in [-0.05, 0) is 6.92 Å². The third-order valence-electron chi connectivity index (χ3n) is 3.17. The van der Waals surface area contributed by atoms with Gasteiger partial charge in [-0.3, -0.25) is 4.99 Å². The van der Waals surface area contributed by atoms with Crippen LogP contribution in [-0.2, 0) is 0 Å². The number of hydrogen-bond donors (Lipinski definition) is 1. The topological polar surface area (TPSA) is 65.4 Å². The van der Waals surface area contributed by atoms with Crippen LogP contribution in [0.1, 0.15) is 16.8 Å². The largest absolute Gasteiger partial charge is 2.00 e. The molecule has 0 fully saturated rings. The maximum atomic E-state index is 5.95. The number of nitrogen functional groups attached to an aromatic ring is 1. The van der Waals surface area contributed by atoms with E-state index in [2.05, 4.69) is 27.1 Å². The van der Waals surface area contributed by atoms with Crippen LogP contribution in [0, 0.1) is 50.2 Å². The van der Waals surface area contributed by atoms with Crippen molar-refractivity contribution >= 4 is 11.5 Å². The third-order valence-corrected chi connectivity index (χ3v) is 3.17. The van der Waals surface area contributed by atoms with E-state index in [0.717, 1.165) is 22.5 Å². The quantitative estimate of drug-likeness (QED) is 0.401. The fraction of sp³-hybridized carbons (Fsp3) is 0.105. The molecule has 0 unspecified atom stereocenters. The smallest absolute Gasteiger partial charge is 0.318 e. The Hall–Kier alpha value is -1.96. The minimum Gasteiger partial charge on any atom is -0.318 e. The number of benzene rings is 2. The van der Waals surface area contributed by atoms with E-state index in [4.69, 9.17) is 5.73 Å². The standard InChI is InChI=1S/C13H13N4.C6H5.U/c1-9-11(13(14)17-8-16-9)12(15-2)10-6-4-3-5-7-10;1-2-4-6-5-3-1;/h4-8H,1-2H3,(H2,14,16,17);1-5H;/q2*-1;+2/p+1. The molecule has 24 heavy (non-hydrogen) atoms. The molecule has 3 aromatic rings. The Kier molecular flexibility index (Phi) is 9.00. The zero-order chi connectivity index (χ0) is 16.5. The summed E-state index contributed by atoms with van der Waals surface area (Å²) in [4.78, 5) is 11.4. The molecule has 0 saturated carbocycles. The number of nitrogens with two attached hydrogens (primary N) is 1. The Morgan fingerprint density at radius 1 is 1.08 bits per heavy atom.